The van der Waals surface area contributed by atoms with Gasteiger partial charge in [-0.3, -0.25) is 9.20 Å². The Bertz CT molecular complexity index is 1170. The molecular formula is C17H15Cl2N3O3S2. The molecule has 0 saturated heterocycles. The summed E-state index contributed by atoms with van der Waals surface area (Å²) in [7, 11) is -4.20. The second kappa shape index (κ2) is 6.48. The molecule has 0 spiro atoms. The van der Waals surface area contributed by atoms with Crippen molar-refractivity contribution < 1.29 is 13.2 Å². The second-order valence-corrected chi connectivity index (χ2v) is 9.64. The van der Waals surface area contributed by atoms with Crippen LogP contribution in [0.25, 0.3) is 4.96 Å². The maximum Gasteiger partial charge on any atom is 0.283 e. The van der Waals surface area contributed by atoms with Gasteiger partial charge in [0.15, 0.2) is 15.1 Å². The molecule has 0 saturated carbocycles. The van der Waals surface area contributed by atoms with Gasteiger partial charge in [-0.25, -0.2) is 9.71 Å². The summed E-state index contributed by atoms with van der Waals surface area (Å²) in [6, 6.07) is 5.40. The summed E-state index contributed by atoms with van der Waals surface area (Å²) in [5.41, 5.74) is 0.736. The van der Waals surface area contributed by atoms with Crippen molar-refractivity contribution >= 4 is 55.4 Å². The number of nitrogens with zero attached hydrogens (tertiary/aromatic N) is 2. The Labute approximate surface area is 170 Å². The highest BCUT2D eigenvalue weighted by molar-refractivity contribution is 7.90. The van der Waals surface area contributed by atoms with Crippen molar-refractivity contribution in [1.29, 1.82) is 0 Å². The Morgan fingerprint density at radius 1 is 1.41 bits per heavy atom. The van der Waals surface area contributed by atoms with Gasteiger partial charge in [0, 0.05) is 16.6 Å². The quantitative estimate of drug-likeness (QED) is 0.664. The van der Waals surface area contributed by atoms with E-state index in [0.29, 0.717) is 29.2 Å². The lowest BCUT2D eigenvalue weighted by Gasteiger charge is -2.27. The zero-order valence-electron chi connectivity index (χ0n) is 14.2. The highest BCUT2D eigenvalue weighted by Gasteiger charge is 2.46. The molecule has 4 rings (SSSR count). The van der Waals surface area contributed by atoms with E-state index >= 15 is 0 Å². The number of fused-ring (bicyclic) bond motifs is 2. The SMILES string of the molecule is CCC1(C(=O)NS(=O)(=O)c2c(Cl)nc3sccn23)CCc2c(Cl)cccc21. The topological polar surface area (TPSA) is 80.5 Å². The van der Waals surface area contributed by atoms with Gasteiger partial charge in [0.2, 0.25) is 5.91 Å². The van der Waals surface area contributed by atoms with Crippen LogP contribution in [0.5, 0.6) is 0 Å². The normalized spacial score (nSPS) is 19.4. The Morgan fingerprint density at radius 3 is 2.93 bits per heavy atom. The van der Waals surface area contributed by atoms with Crippen LogP contribution in [0, 0.1) is 0 Å². The lowest BCUT2D eigenvalue weighted by atomic mass is 9.79. The molecule has 1 aliphatic rings. The molecule has 0 bridgehead atoms. The molecule has 2 aromatic heterocycles. The fraction of sp³-hybridized carbons (Fsp3) is 0.294. The third-order valence-electron chi connectivity index (χ3n) is 5.13. The van der Waals surface area contributed by atoms with Gasteiger partial charge >= 0.3 is 0 Å². The average Bonchev–Trinajstić information content (AvgIpc) is 3.27. The van der Waals surface area contributed by atoms with E-state index < -0.39 is 21.3 Å². The van der Waals surface area contributed by atoms with Crippen LogP contribution < -0.4 is 4.72 Å². The Kier molecular flexibility index (Phi) is 4.50. The summed E-state index contributed by atoms with van der Waals surface area (Å²) in [5, 5.41) is 1.90. The molecule has 1 N–H and O–H groups in total. The molecule has 2 heterocycles. The van der Waals surface area contributed by atoms with Crippen LogP contribution in [-0.2, 0) is 26.7 Å². The van der Waals surface area contributed by atoms with E-state index in [1.807, 2.05) is 13.0 Å². The van der Waals surface area contributed by atoms with E-state index in [4.69, 9.17) is 23.2 Å². The van der Waals surface area contributed by atoms with Crippen LogP contribution >= 0.6 is 34.5 Å². The Hall–Kier alpha value is -1.61. The van der Waals surface area contributed by atoms with Crippen LogP contribution in [0.2, 0.25) is 10.2 Å². The first-order chi connectivity index (χ1) is 12.8. The first-order valence-electron chi connectivity index (χ1n) is 8.26. The van der Waals surface area contributed by atoms with Crippen molar-refractivity contribution in [3.8, 4) is 0 Å². The lowest BCUT2D eigenvalue weighted by molar-refractivity contribution is -0.125. The minimum absolute atomic E-state index is 0.164. The van der Waals surface area contributed by atoms with E-state index in [2.05, 4.69) is 9.71 Å². The number of imidazole rings is 1. The van der Waals surface area contributed by atoms with E-state index in [0.717, 1.165) is 11.1 Å². The van der Waals surface area contributed by atoms with Gasteiger partial charge in [0.25, 0.3) is 10.0 Å². The van der Waals surface area contributed by atoms with Crippen LogP contribution in [-0.4, -0.2) is 23.7 Å². The number of thiazole rings is 1. The van der Waals surface area contributed by atoms with Crippen LogP contribution in [0.1, 0.15) is 30.9 Å². The summed E-state index contributed by atoms with van der Waals surface area (Å²) in [4.78, 5) is 17.6. The van der Waals surface area contributed by atoms with Gasteiger partial charge in [-0.2, -0.15) is 8.42 Å². The minimum atomic E-state index is -4.20. The number of sulfonamides is 1. The molecule has 0 aliphatic heterocycles. The molecule has 6 nitrogen and oxygen atoms in total. The van der Waals surface area contributed by atoms with Crippen molar-refractivity contribution in [3.05, 3.63) is 51.1 Å². The molecular weight excluding hydrogens is 429 g/mol. The third-order valence-corrected chi connectivity index (χ3v) is 7.97. The number of hydrogen-bond donors (Lipinski definition) is 1. The second-order valence-electron chi connectivity index (χ2n) is 6.40. The van der Waals surface area contributed by atoms with E-state index in [9.17, 15) is 13.2 Å². The zero-order valence-corrected chi connectivity index (χ0v) is 17.3. The fourth-order valence-electron chi connectivity index (χ4n) is 3.74. The van der Waals surface area contributed by atoms with E-state index in [-0.39, 0.29) is 10.2 Å². The molecule has 142 valence electrons. The first-order valence-corrected chi connectivity index (χ1v) is 11.4. The number of rotatable bonds is 4. The van der Waals surface area contributed by atoms with Crippen molar-refractivity contribution in [1.82, 2.24) is 14.1 Å². The average molecular weight is 444 g/mol. The summed E-state index contributed by atoms with van der Waals surface area (Å²) in [6.07, 6.45) is 3.13. The first kappa shape index (κ1) is 18.7. The molecule has 1 unspecified atom stereocenters. The van der Waals surface area contributed by atoms with Crippen LogP contribution in [0.4, 0.5) is 0 Å². The largest absolute Gasteiger partial charge is 0.283 e. The van der Waals surface area contributed by atoms with Gasteiger partial charge in [0.1, 0.15) is 0 Å². The molecule has 1 amide bonds. The summed E-state index contributed by atoms with van der Waals surface area (Å²) < 4.78 is 29.5. The summed E-state index contributed by atoms with van der Waals surface area (Å²) >= 11 is 13.6. The third kappa shape index (κ3) is 2.77. The smallest absolute Gasteiger partial charge is 0.278 e. The Balaban J connectivity index is 1.75. The Morgan fingerprint density at radius 2 is 2.19 bits per heavy atom. The molecule has 10 heteroatoms. The number of carbonyl (C=O) groups excluding carboxylic acids is 1. The molecule has 0 fully saturated rings. The lowest BCUT2D eigenvalue weighted by Crippen LogP contribution is -2.45. The number of halogens is 2. The van der Waals surface area contributed by atoms with Gasteiger partial charge in [-0.1, -0.05) is 42.3 Å². The van der Waals surface area contributed by atoms with Crippen molar-refractivity contribution in [2.24, 2.45) is 0 Å². The molecule has 1 atom stereocenters. The van der Waals surface area contributed by atoms with Crippen molar-refractivity contribution in [2.75, 3.05) is 0 Å². The molecule has 1 aliphatic carbocycles. The maximum absolute atomic E-state index is 13.2. The molecule has 27 heavy (non-hydrogen) atoms. The van der Waals surface area contributed by atoms with Gasteiger partial charge < -0.3 is 0 Å². The monoisotopic (exact) mass is 443 g/mol. The number of benzene rings is 1. The highest BCUT2D eigenvalue weighted by Crippen LogP contribution is 2.44. The standard InChI is InChI=1S/C17H15Cl2N3O3S2/c1-2-17(7-6-10-11(17)4-3-5-12(10)18)15(23)21-27(24,25)14-13(19)20-16-22(14)8-9-26-16/h3-5,8-9H,2,6-7H2,1H3,(H,21,23). The van der Waals surface area contributed by atoms with Crippen molar-refractivity contribution in [3.63, 3.8) is 0 Å². The predicted molar refractivity (Wildman–Crippen MR) is 105 cm³/mol. The number of amides is 1. The summed E-state index contributed by atoms with van der Waals surface area (Å²) in [5.74, 6) is -0.577. The number of aromatic nitrogens is 2. The maximum atomic E-state index is 13.2. The van der Waals surface area contributed by atoms with Crippen LogP contribution in [0.15, 0.2) is 34.8 Å². The molecule has 1 aromatic carbocycles. The predicted octanol–water partition coefficient (Wildman–Crippen LogP) is 3.80. The highest BCUT2D eigenvalue weighted by atomic mass is 35.5. The molecule has 0 radical (unpaired) electrons. The minimum Gasteiger partial charge on any atom is -0.278 e. The van der Waals surface area contributed by atoms with E-state index in [1.165, 1.54) is 15.7 Å². The van der Waals surface area contributed by atoms with Crippen LogP contribution in [0.3, 0.4) is 0 Å². The fourth-order valence-corrected chi connectivity index (χ4v) is 6.52. The number of nitrogens with one attached hydrogen (secondary N) is 1. The zero-order chi connectivity index (χ0) is 19.4. The number of carbonyl (C=O) groups is 1. The van der Waals surface area contributed by atoms with E-state index in [1.54, 1.807) is 23.7 Å². The summed E-state index contributed by atoms with van der Waals surface area (Å²) in [6.45, 7) is 1.87. The van der Waals surface area contributed by atoms with Gasteiger partial charge in [-0.05, 0) is 36.5 Å². The van der Waals surface area contributed by atoms with Gasteiger partial charge in [-0.15, -0.1) is 11.3 Å². The number of hydrogen-bond acceptors (Lipinski definition) is 5. The van der Waals surface area contributed by atoms with Gasteiger partial charge in [0.05, 0.1) is 5.41 Å². The van der Waals surface area contributed by atoms with Crippen molar-refractivity contribution in [2.45, 2.75) is 36.6 Å². The molecule has 3 aromatic rings.